The number of carbonyl (C=O) groups is 1. The molecule has 5 rings (SSSR count). The van der Waals surface area contributed by atoms with E-state index in [4.69, 9.17) is 5.73 Å². The van der Waals surface area contributed by atoms with Crippen LogP contribution in [0.2, 0.25) is 0 Å². The lowest BCUT2D eigenvalue weighted by Gasteiger charge is -2.33. The zero-order valence-electron chi connectivity index (χ0n) is 17.0. The molecule has 0 spiro atoms. The summed E-state index contributed by atoms with van der Waals surface area (Å²) >= 11 is 0. The smallest absolute Gasteiger partial charge is 0.274 e. The highest BCUT2D eigenvalue weighted by Gasteiger charge is 2.20. The first-order valence-corrected chi connectivity index (χ1v) is 10.4. The van der Waals surface area contributed by atoms with Gasteiger partial charge in [0.05, 0.1) is 23.1 Å². The average molecular weight is 413 g/mol. The summed E-state index contributed by atoms with van der Waals surface area (Å²) in [5.41, 5.74) is 9.02. The van der Waals surface area contributed by atoms with Gasteiger partial charge >= 0.3 is 0 Å². The molecule has 8 heteroatoms. The minimum absolute atomic E-state index is 0.144. The van der Waals surface area contributed by atoms with Crippen LogP contribution in [0.3, 0.4) is 0 Å². The molecule has 3 heterocycles. The van der Waals surface area contributed by atoms with Gasteiger partial charge in [-0.05, 0) is 37.1 Å². The molecule has 0 radical (unpaired) electrons. The van der Waals surface area contributed by atoms with Gasteiger partial charge in [0.2, 0.25) is 0 Å². The molecular formula is C23H23N7O. The van der Waals surface area contributed by atoms with Gasteiger partial charge in [-0.3, -0.25) is 4.79 Å². The van der Waals surface area contributed by atoms with Crippen LogP contribution in [0.1, 0.15) is 23.3 Å². The van der Waals surface area contributed by atoms with Crippen molar-refractivity contribution in [1.82, 2.24) is 19.7 Å². The molecule has 156 valence electrons. The first kappa shape index (κ1) is 19.2. The van der Waals surface area contributed by atoms with Crippen LogP contribution in [-0.4, -0.2) is 44.8 Å². The van der Waals surface area contributed by atoms with E-state index in [0.717, 1.165) is 48.2 Å². The third-order valence-corrected chi connectivity index (χ3v) is 5.49. The number of benzene rings is 2. The van der Waals surface area contributed by atoms with Gasteiger partial charge in [0.15, 0.2) is 0 Å². The van der Waals surface area contributed by atoms with Crippen molar-refractivity contribution in [3.63, 3.8) is 0 Å². The van der Waals surface area contributed by atoms with Crippen molar-refractivity contribution in [1.29, 1.82) is 0 Å². The molecule has 1 aliphatic heterocycles. The summed E-state index contributed by atoms with van der Waals surface area (Å²) in [6.07, 6.45) is 5.39. The predicted molar refractivity (Wildman–Crippen MR) is 120 cm³/mol. The van der Waals surface area contributed by atoms with E-state index in [9.17, 15) is 4.79 Å². The van der Waals surface area contributed by atoms with Crippen molar-refractivity contribution in [2.24, 2.45) is 5.73 Å². The number of rotatable bonds is 4. The van der Waals surface area contributed by atoms with Crippen molar-refractivity contribution in [2.75, 3.05) is 23.3 Å². The van der Waals surface area contributed by atoms with Gasteiger partial charge in [-0.2, -0.15) is 9.78 Å². The van der Waals surface area contributed by atoms with Crippen LogP contribution in [0.4, 0.5) is 11.4 Å². The molecule has 4 aromatic rings. The SMILES string of the molecule is N[C@@H]1CCCN(c2ccccc2NC(=O)c2ccnc(-n3ncc4ccccc43)n2)C1. The van der Waals surface area contributed by atoms with Crippen molar-refractivity contribution in [3.8, 4) is 5.95 Å². The lowest BCUT2D eigenvalue weighted by atomic mass is 10.1. The summed E-state index contributed by atoms with van der Waals surface area (Å²) in [5, 5.41) is 8.36. The van der Waals surface area contributed by atoms with E-state index in [0.29, 0.717) is 5.95 Å². The second-order valence-electron chi connectivity index (χ2n) is 7.68. The Morgan fingerprint density at radius 1 is 1.10 bits per heavy atom. The molecular weight excluding hydrogens is 390 g/mol. The second-order valence-corrected chi connectivity index (χ2v) is 7.68. The summed E-state index contributed by atoms with van der Waals surface area (Å²) in [6.45, 7) is 1.70. The molecule has 2 aromatic heterocycles. The second kappa shape index (κ2) is 8.16. The van der Waals surface area contributed by atoms with Gasteiger partial charge in [0.25, 0.3) is 11.9 Å². The van der Waals surface area contributed by atoms with Gasteiger partial charge in [-0.25, -0.2) is 9.97 Å². The third kappa shape index (κ3) is 3.85. The largest absolute Gasteiger partial charge is 0.368 e. The topological polar surface area (TPSA) is 102 Å². The van der Waals surface area contributed by atoms with E-state index in [2.05, 4.69) is 25.3 Å². The molecule has 0 saturated carbocycles. The Balaban J connectivity index is 1.42. The highest BCUT2D eigenvalue weighted by molar-refractivity contribution is 6.04. The number of hydrogen-bond acceptors (Lipinski definition) is 6. The number of nitrogens with one attached hydrogen (secondary N) is 1. The number of aromatic nitrogens is 4. The number of amides is 1. The summed E-state index contributed by atoms with van der Waals surface area (Å²) in [7, 11) is 0. The standard InChI is InChI=1S/C23H23N7O/c24-17-7-5-13-29(15-17)21-10-4-2-8-18(21)27-22(31)19-11-12-25-23(28-19)30-20-9-3-1-6-16(20)14-26-30/h1-4,6,8-12,14,17H,5,7,13,15,24H2,(H,27,31)/t17-/m1/s1. The zero-order chi connectivity index (χ0) is 21.2. The zero-order valence-corrected chi connectivity index (χ0v) is 17.0. The van der Waals surface area contributed by atoms with Gasteiger partial charge in [0.1, 0.15) is 5.69 Å². The molecule has 1 aliphatic rings. The fourth-order valence-electron chi connectivity index (χ4n) is 3.98. The van der Waals surface area contributed by atoms with Crippen molar-refractivity contribution in [3.05, 3.63) is 72.7 Å². The maximum atomic E-state index is 13.0. The maximum absolute atomic E-state index is 13.0. The molecule has 2 aromatic carbocycles. The van der Waals surface area contributed by atoms with Gasteiger partial charge < -0.3 is 16.0 Å². The van der Waals surface area contributed by atoms with Crippen LogP contribution < -0.4 is 16.0 Å². The molecule has 0 unspecified atom stereocenters. The fourth-order valence-corrected chi connectivity index (χ4v) is 3.98. The first-order chi connectivity index (χ1) is 15.2. The Labute approximate surface area is 179 Å². The first-order valence-electron chi connectivity index (χ1n) is 10.4. The Morgan fingerprint density at radius 2 is 1.94 bits per heavy atom. The Morgan fingerprint density at radius 3 is 2.84 bits per heavy atom. The molecule has 3 N–H and O–H groups in total. The minimum Gasteiger partial charge on any atom is -0.368 e. The van der Waals surface area contributed by atoms with Crippen LogP contribution in [0.5, 0.6) is 0 Å². The highest BCUT2D eigenvalue weighted by Crippen LogP contribution is 2.28. The fraction of sp³-hybridized carbons (Fsp3) is 0.217. The van der Waals surface area contributed by atoms with E-state index < -0.39 is 0 Å². The molecule has 31 heavy (non-hydrogen) atoms. The molecule has 8 nitrogen and oxygen atoms in total. The Bertz CT molecular complexity index is 1240. The number of fused-ring (bicyclic) bond motifs is 1. The Hall–Kier alpha value is -3.78. The summed E-state index contributed by atoms with van der Waals surface area (Å²) in [6, 6.07) is 17.3. The van der Waals surface area contributed by atoms with Crippen molar-refractivity contribution >= 4 is 28.2 Å². The maximum Gasteiger partial charge on any atom is 0.274 e. The number of nitrogens with zero attached hydrogens (tertiary/aromatic N) is 5. The lowest BCUT2D eigenvalue weighted by molar-refractivity contribution is 0.102. The number of para-hydroxylation sites is 3. The van der Waals surface area contributed by atoms with Crippen LogP contribution in [0.15, 0.2) is 67.0 Å². The summed E-state index contributed by atoms with van der Waals surface area (Å²) < 4.78 is 1.63. The van der Waals surface area contributed by atoms with Gasteiger partial charge in [-0.15, -0.1) is 0 Å². The monoisotopic (exact) mass is 413 g/mol. The highest BCUT2D eigenvalue weighted by atomic mass is 16.1. The van der Waals surface area contributed by atoms with Crippen molar-refractivity contribution < 1.29 is 4.79 Å². The van der Waals surface area contributed by atoms with Crippen LogP contribution in [0, 0.1) is 0 Å². The van der Waals surface area contributed by atoms with Crippen LogP contribution >= 0.6 is 0 Å². The molecule has 1 atom stereocenters. The van der Waals surface area contributed by atoms with E-state index in [1.807, 2.05) is 48.5 Å². The lowest BCUT2D eigenvalue weighted by Crippen LogP contribution is -2.43. The van der Waals surface area contributed by atoms with E-state index in [1.165, 1.54) is 0 Å². The quantitative estimate of drug-likeness (QED) is 0.533. The van der Waals surface area contributed by atoms with E-state index in [1.54, 1.807) is 23.1 Å². The number of anilines is 2. The van der Waals surface area contributed by atoms with Crippen molar-refractivity contribution in [2.45, 2.75) is 18.9 Å². The number of piperidine rings is 1. The number of nitrogens with two attached hydrogens (primary N) is 1. The van der Waals surface area contributed by atoms with Gasteiger partial charge in [0, 0.05) is 30.7 Å². The predicted octanol–water partition coefficient (Wildman–Crippen LogP) is 3.00. The number of carbonyl (C=O) groups excluding carboxylic acids is 1. The molecule has 1 saturated heterocycles. The van der Waals surface area contributed by atoms with Gasteiger partial charge in [-0.1, -0.05) is 30.3 Å². The van der Waals surface area contributed by atoms with E-state index in [-0.39, 0.29) is 17.6 Å². The third-order valence-electron chi connectivity index (χ3n) is 5.49. The molecule has 0 bridgehead atoms. The average Bonchev–Trinajstić information content (AvgIpc) is 3.24. The number of hydrogen-bond donors (Lipinski definition) is 2. The summed E-state index contributed by atoms with van der Waals surface area (Å²) in [4.78, 5) is 24.0. The molecule has 0 aliphatic carbocycles. The van der Waals surface area contributed by atoms with Crippen LogP contribution in [-0.2, 0) is 0 Å². The summed E-state index contributed by atoms with van der Waals surface area (Å²) in [5.74, 6) is 0.0537. The van der Waals surface area contributed by atoms with Crippen LogP contribution in [0.25, 0.3) is 16.9 Å². The van der Waals surface area contributed by atoms with E-state index >= 15 is 0 Å². The molecule has 1 fully saturated rings. The Kier molecular flexibility index (Phi) is 5.05. The molecule has 1 amide bonds. The normalized spacial score (nSPS) is 16.4. The minimum atomic E-state index is -0.297.